The summed E-state index contributed by atoms with van der Waals surface area (Å²) in [7, 11) is 1.68. The standard InChI is InChI=1S/C13H27NO3/c1-15-10-11-16-9-7-12(14)4-2-5-13-6-3-8-17-13/h12-13H,2-11,14H2,1H3. The summed E-state index contributed by atoms with van der Waals surface area (Å²) >= 11 is 0. The van der Waals surface area contributed by atoms with Crippen LogP contribution in [-0.2, 0) is 14.2 Å². The summed E-state index contributed by atoms with van der Waals surface area (Å²) in [5.74, 6) is 0. The summed E-state index contributed by atoms with van der Waals surface area (Å²) in [6.07, 6.45) is 7.31. The van der Waals surface area contributed by atoms with Crippen LogP contribution >= 0.6 is 0 Å². The van der Waals surface area contributed by atoms with Crippen molar-refractivity contribution in [2.45, 2.75) is 50.7 Å². The van der Waals surface area contributed by atoms with Gasteiger partial charge in [0.2, 0.25) is 0 Å². The molecule has 4 nitrogen and oxygen atoms in total. The Labute approximate surface area is 105 Å². The van der Waals surface area contributed by atoms with Gasteiger partial charge in [-0.3, -0.25) is 0 Å². The molecule has 102 valence electrons. The van der Waals surface area contributed by atoms with Gasteiger partial charge in [-0.05, 0) is 38.5 Å². The van der Waals surface area contributed by atoms with Crippen molar-refractivity contribution < 1.29 is 14.2 Å². The molecule has 0 aromatic carbocycles. The summed E-state index contributed by atoms with van der Waals surface area (Å²) in [6.45, 7) is 3.02. The molecule has 0 saturated carbocycles. The number of nitrogens with two attached hydrogens (primary N) is 1. The minimum Gasteiger partial charge on any atom is -0.382 e. The highest BCUT2D eigenvalue weighted by Gasteiger charge is 2.15. The Bertz CT molecular complexity index is 172. The Hall–Kier alpha value is -0.160. The van der Waals surface area contributed by atoms with Crippen LogP contribution in [0.1, 0.15) is 38.5 Å². The summed E-state index contributed by atoms with van der Waals surface area (Å²) < 4.78 is 15.9. The van der Waals surface area contributed by atoms with Crippen LogP contribution in [0.3, 0.4) is 0 Å². The zero-order chi connectivity index (χ0) is 12.3. The highest BCUT2D eigenvalue weighted by atomic mass is 16.5. The van der Waals surface area contributed by atoms with Crippen molar-refractivity contribution >= 4 is 0 Å². The Morgan fingerprint density at radius 2 is 2.18 bits per heavy atom. The molecule has 0 bridgehead atoms. The monoisotopic (exact) mass is 245 g/mol. The molecule has 2 atom stereocenters. The fourth-order valence-electron chi connectivity index (χ4n) is 2.10. The highest BCUT2D eigenvalue weighted by molar-refractivity contribution is 4.67. The van der Waals surface area contributed by atoms with Gasteiger partial charge >= 0.3 is 0 Å². The van der Waals surface area contributed by atoms with Gasteiger partial charge in [0.1, 0.15) is 0 Å². The maximum Gasteiger partial charge on any atom is 0.0700 e. The van der Waals surface area contributed by atoms with Gasteiger partial charge in [-0.2, -0.15) is 0 Å². The smallest absolute Gasteiger partial charge is 0.0700 e. The molecular weight excluding hydrogens is 218 g/mol. The van der Waals surface area contributed by atoms with Crippen LogP contribution < -0.4 is 5.73 Å². The van der Waals surface area contributed by atoms with E-state index in [0.29, 0.717) is 19.3 Å². The molecule has 17 heavy (non-hydrogen) atoms. The van der Waals surface area contributed by atoms with E-state index in [9.17, 15) is 0 Å². The van der Waals surface area contributed by atoms with Crippen LogP contribution in [0.5, 0.6) is 0 Å². The molecule has 0 aromatic rings. The van der Waals surface area contributed by atoms with E-state index >= 15 is 0 Å². The Morgan fingerprint density at radius 3 is 2.88 bits per heavy atom. The fraction of sp³-hybridized carbons (Fsp3) is 1.00. The van der Waals surface area contributed by atoms with E-state index in [1.54, 1.807) is 7.11 Å². The van der Waals surface area contributed by atoms with E-state index in [2.05, 4.69) is 0 Å². The third-order valence-corrected chi connectivity index (χ3v) is 3.19. The molecule has 0 radical (unpaired) electrons. The molecule has 2 unspecified atom stereocenters. The maximum absolute atomic E-state index is 6.02. The van der Waals surface area contributed by atoms with Gasteiger partial charge in [0.05, 0.1) is 19.3 Å². The largest absolute Gasteiger partial charge is 0.382 e. The Balaban J connectivity index is 1.84. The lowest BCUT2D eigenvalue weighted by Crippen LogP contribution is -2.22. The topological polar surface area (TPSA) is 53.7 Å². The number of hydrogen-bond acceptors (Lipinski definition) is 4. The lowest BCUT2D eigenvalue weighted by atomic mass is 10.0. The first kappa shape index (κ1) is 14.9. The molecule has 4 heteroatoms. The summed E-state index contributed by atoms with van der Waals surface area (Å²) in [6, 6.07) is 0.263. The molecule has 2 N–H and O–H groups in total. The Morgan fingerprint density at radius 1 is 1.29 bits per heavy atom. The number of hydrogen-bond donors (Lipinski definition) is 1. The number of rotatable bonds is 10. The molecule has 0 aliphatic carbocycles. The van der Waals surface area contributed by atoms with Crippen LogP contribution in [0.15, 0.2) is 0 Å². The normalized spacial score (nSPS) is 21.9. The molecule has 1 aliphatic heterocycles. The van der Waals surface area contributed by atoms with Crippen LogP contribution in [0, 0.1) is 0 Å². The molecule has 0 spiro atoms. The predicted octanol–water partition coefficient (Wildman–Crippen LogP) is 1.72. The third-order valence-electron chi connectivity index (χ3n) is 3.19. The van der Waals surface area contributed by atoms with Crippen molar-refractivity contribution in [3.8, 4) is 0 Å². The van der Waals surface area contributed by atoms with E-state index in [1.807, 2.05) is 0 Å². The average molecular weight is 245 g/mol. The average Bonchev–Trinajstić information content (AvgIpc) is 2.82. The second-order valence-electron chi connectivity index (χ2n) is 4.72. The third kappa shape index (κ3) is 7.71. The van der Waals surface area contributed by atoms with Gasteiger partial charge in [0.15, 0.2) is 0 Å². The van der Waals surface area contributed by atoms with Crippen molar-refractivity contribution in [3.63, 3.8) is 0 Å². The molecule has 1 rings (SSSR count). The first-order valence-corrected chi connectivity index (χ1v) is 6.76. The van der Waals surface area contributed by atoms with Gasteiger partial charge < -0.3 is 19.9 Å². The molecular formula is C13H27NO3. The second kappa shape index (κ2) is 9.83. The lowest BCUT2D eigenvalue weighted by Gasteiger charge is -2.13. The summed E-state index contributed by atoms with van der Waals surface area (Å²) in [5.41, 5.74) is 6.02. The zero-order valence-corrected chi connectivity index (χ0v) is 11.0. The van der Waals surface area contributed by atoms with Crippen molar-refractivity contribution in [2.75, 3.05) is 33.5 Å². The van der Waals surface area contributed by atoms with Gasteiger partial charge in [0.25, 0.3) is 0 Å². The van der Waals surface area contributed by atoms with E-state index in [1.165, 1.54) is 19.3 Å². The molecule has 1 heterocycles. The molecule has 1 saturated heterocycles. The van der Waals surface area contributed by atoms with E-state index in [-0.39, 0.29) is 6.04 Å². The van der Waals surface area contributed by atoms with Crippen molar-refractivity contribution in [2.24, 2.45) is 5.73 Å². The van der Waals surface area contributed by atoms with E-state index in [0.717, 1.165) is 32.5 Å². The van der Waals surface area contributed by atoms with Crippen molar-refractivity contribution in [1.82, 2.24) is 0 Å². The quantitative estimate of drug-likeness (QED) is 0.595. The van der Waals surface area contributed by atoms with E-state index < -0.39 is 0 Å². The fourth-order valence-corrected chi connectivity index (χ4v) is 2.10. The summed E-state index contributed by atoms with van der Waals surface area (Å²) in [5, 5.41) is 0. The molecule has 0 amide bonds. The van der Waals surface area contributed by atoms with Gasteiger partial charge in [-0.15, -0.1) is 0 Å². The number of methoxy groups -OCH3 is 1. The summed E-state index contributed by atoms with van der Waals surface area (Å²) in [4.78, 5) is 0. The minimum absolute atomic E-state index is 0.263. The Kier molecular flexibility index (Phi) is 8.61. The highest BCUT2D eigenvalue weighted by Crippen LogP contribution is 2.18. The molecule has 1 fully saturated rings. The molecule has 1 aliphatic rings. The van der Waals surface area contributed by atoms with E-state index in [4.69, 9.17) is 19.9 Å². The van der Waals surface area contributed by atoms with Gasteiger partial charge in [0, 0.05) is 26.4 Å². The van der Waals surface area contributed by atoms with Gasteiger partial charge in [-0.1, -0.05) is 0 Å². The van der Waals surface area contributed by atoms with Crippen molar-refractivity contribution in [1.29, 1.82) is 0 Å². The zero-order valence-electron chi connectivity index (χ0n) is 11.0. The SMILES string of the molecule is COCCOCCC(N)CCCC1CCCO1. The second-order valence-corrected chi connectivity index (χ2v) is 4.72. The minimum atomic E-state index is 0.263. The van der Waals surface area contributed by atoms with Crippen LogP contribution in [0.25, 0.3) is 0 Å². The van der Waals surface area contributed by atoms with Gasteiger partial charge in [-0.25, -0.2) is 0 Å². The molecule has 0 aromatic heterocycles. The lowest BCUT2D eigenvalue weighted by molar-refractivity contribution is 0.0664. The van der Waals surface area contributed by atoms with Crippen LogP contribution in [0.4, 0.5) is 0 Å². The van der Waals surface area contributed by atoms with Crippen LogP contribution in [0.2, 0.25) is 0 Å². The van der Waals surface area contributed by atoms with Crippen LogP contribution in [-0.4, -0.2) is 45.7 Å². The first-order chi connectivity index (χ1) is 8.33. The maximum atomic E-state index is 6.02. The number of ether oxygens (including phenoxy) is 3. The van der Waals surface area contributed by atoms with Crippen molar-refractivity contribution in [3.05, 3.63) is 0 Å². The first-order valence-electron chi connectivity index (χ1n) is 6.76. The predicted molar refractivity (Wildman–Crippen MR) is 68.1 cm³/mol.